The van der Waals surface area contributed by atoms with Crippen LogP contribution in [0.3, 0.4) is 0 Å². The molecule has 0 fully saturated rings. The van der Waals surface area contributed by atoms with E-state index in [1.54, 1.807) is 24.3 Å². The molecule has 2 aromatic rings. The minimum absolute atomic E-state index is 0.00708. The Hall–Kier alpha value is -3.98. The molecule has 2 aromatic carbocycles. The number of ether oxygens (including phenoxy) is 2. The van der Waals surface area contributed by atoms with Crippen LogP contribution in [-0.4, -0.2) is 37.3 Å². The van der Waals surface area contributed by atoms with Crippen LogP contribution in [0.1, 0.15) is 24.0 Å². The summed E-state index contributed by atoms with van der Waals surface area (Å²) in [6.07, 6.45) is -4.67. The highest BCUT2D eigenvalue weighted by Gasteiger charge is 2.44. The van der Waals surface area contributed by atoms with Gasteiger partial charge in [-0.25, -0.2) is 0 Å². The average Bonchev–Trinajstić information content (AvgIpc) is 2.87. The van der Waals surface area contributed by atoms with Crippen LogP contribution in [0.2, 0.25) is 0 Å². The van der Waals surface area contributed by atoms with E-state index in [9.17, 15) is 32.8 Å². The monoisotopic (exact) mass is 533 g/mol. The second-order valence-electron chi connectivity index (χ2n) is 7.70. The summed E-state index contributed by atoms with van der Waals surface area (Å²) in [5.74, 6) is -4.62. The van der Waals surface area contributed by atoms with Gasteiger partial charge in [-0.1, -0.05) is 36.0 Å². The molecule has 2 N–H and O–H groups in total. The van der Waals surface area contributed by atoms with Crippen LogP contribution in [0.5, 0.6) is 5.75 Å². The second kappa shape index (κ2) is 11.8. The summed E-state index contributed by atoms with van der Waals surface area (Å²) in [6.45, 7) is 2.24. The number of carbonyl (C=O) groups is 3. The number of esters is 1. The van der Waals surface area contributed by atoms with Gasteiger partial charge in [0.2, 0.25) is 11.8 Å². The molecule has 194 valence electrons. The third kappa shape index (κ3) is 6.42. The van der Waals surface area contributed by atoms with Crippen molar-refractivity contribution in [1.82, 2.24) is 5.32 Å². The van der Waals surface area contributed by atoms with Crippen molar-refractivity contribution in [3.8, 4) is 11.8 Å². The van der Waals surface area contributed by atoms with Crippen molar-refractivity contribution in [2.45, 2.75) is 19.0 Å². The predicted octanol–water partition coefficient (Wildman–Crippen LogP) is 4.21. The number of alkyl halides is 3. The molecule has 0 spiro atoms. The summed E-state index contributed by atoms with van der Waals surface area (Å²) in [5, 5.41) is 14.6. The van der Waals surface area contributed by atoms with Gasteiger partial charge in [0.1, 0.15) is 11.7 Å². The van der Waals surface area contributed by atoms with Crippen molar-refractivity contribution in [1.29, 1.82) is 5.26 Å². The van der Waals surface area contributed by atoms with Gasteiger partial charge >= 0.3 is 12.1 Å². The van der Waals surface area contributed by atoms with E-state index < -0.39 is 52.8 Å². The number of rotatable bonds is 8. The molecular weight excluding hydrogens is 511 g/mol. The van der Waals surface area contributed by atoms with Crippen molar-refractivity contribution < 1.29 is 37.0 Å². The molecule has 2 atom stereocenters. The van der Waals surface area contributed by atoms with Crippen molar-refractivity contribution in [2.24, 2.45) is 5.92 Å². The fourth-order valence-corrected chi connectivity index (χ4v) is 4.63. The van der Waals surface area contributed by atoms with Crippen LogP contribution in [0.25, 0.3) is 0 Å². The predicted molar refractivity (Wildman–Crippen MR) is 129 cm³/mol. The molecule has 0 aliphatic carbocycles. The Morgan fingerprint density at radius 1 is 1.16 bits per heavy atom. The third-order valence-corrected chi connectivity index (χ3v) is 6.41. The molecule has 2 amide bonds. The molecule has 1 heterocycles. The minimum atomic E-state index is -4.67. The number of para-hydroxylation sites is 1. The zero-order valence-corrected chi connectivity index (χ0v) is 20.5. The van der Waals surface area contributed by atoms with E-state index >= 15 is 0 Å². The molecule has 0 unspecified atom stereocenters. The van der Waals surface area contributed by atoms with Gasteiger partial charge in [0.05, 0.1) is 47.4 Å². The third-order valence-electron chi connectivity index (χ3n) is 5.39. The lowest BCUT2D eigenvalue weighted by atomic mass is 9.78. The zero-order chi connectivity index (χ0) is 27.2. The summed E-state index contributed by atoms with van der Waals surface area (Å²) < 4.78 is 49.9. The van der Waals surface area contributed by atoms with Crippen molar-refractivity contribution in [3.05, 3.63) is 70.3 Å². The number of halogens is 3. The molecule has 1 aliphatic heterocycles. The molecule has 3 rings (SSSR count). The molecule has 0 aromatic heterocycles. The van der Waals surface area contributed by atoms with Crippen molar-refractivity contribution in [2.75, 3.05) is 24.8 Å². The number of hydrogen-bond acceptors (Lipinski definition) is 7. The lowest BCUT2D eigenvalue weighted by Gasteiger charge is -2.31. The van der Waals surface area contributed by atoms with Gasteiger partial charge in [0.25, 0.3) is 0 Å². The normalized spacial score (nSPS) is 17.5. The molecule has 8 nitrogen and oxygen atoms in total. The number of carbonyl (C=O) groups excluding carboxylic acids is 3. The van der Waals surface area contributed by atoms with Gasteiger partial charge in [-0.2, -0.15) is 18.4 Å². The summed E-state index contributed by atoms with van der Waals surface area (Å²) in [7, 11) is 1.12. The van der Waals surface area contributed by atoms with E-state index in [0.29, 0.717) is 17.9 Å². The summed E-state index contributed by atoms with van der Waals surface area (Å²) >= 11 is 0.761. The average molecular weight is 534 g/mol. The molecule has 0 saturated heterocycles. The van der Waals surface area contributed by atoms with Crippen LogP contribution in [0, 0.1) is 17.2 Å². The highest BCUT2D eigenvalue weighted by Crippen LogP contribution is 2.41. The number of amides is 2. The van der Waals surface area contributed by atoms with Crippen LogP contribution < -0.4 is 15.4 Å². The van der Waals surface area contributed by atoms with Gasteiger partial charge in [-0.15, -0.1) is 0 Å². The first kappa shape index (κ1) is 27.6. The Morgan fingerprint density at radius 2 is 1.84 bits per heavy atom. The largest absolute Gasteiger partial charge is 0.494 e. The Balaban J connectivity index is 1.89. The topological polar surface area (TPSA) is 118 Å². The Bertz CT molecular complexity index is 1260. The highest BCUT2D eigenvalue weighted by molar-refractivity contribution is 8.03. The molecule has 0 saturated carbocycles. The number of nitrogens with zero attached hydrogens (tertiary/aromatic N) is 1. The SMILES string of the molecule is CCOc1ccc([C@@H]2C(C#N)=C(SCC(=O)Nc3ccccc3C(F)(F)F)NC(=O)[C@@H]2C(=O)OC)cc1. The number of nitriles is 1. The lowest BCUT2D eigenvalue weighted by Crippen LogP contribution is -2.44. The van der Waals surface area contributed by atoms with Gasteiger partial charge in [0.15, 0.2) is 0 Å². The number of thioether (sulfide) groups is 1. The maximum absolute atomic E-state index is 13.2. The second-order valence-corrected chi connectivity index (χ2v) is 8.69. The first-order chi connectivity index (χ1) is 17.6. The Labute approximate surface area is 214 Å². The maximum atomic E-state index is 13.2. The Kier molecular flexibility index (Phi) is 8.83. The first-order valence-corrected chi connectivity index (χ1v) is 11.9. The van der Waals surface area contributed by atoms with Crippen molar-refractivity contribution in [3.63, 3.8) is 0 Å². The number of nitrogens with one attached hydrogen (secondary N) is 2. The van der Waals surface area contributed by atoms with E-state index in [-0.39, 0.29) is 10.6 Å². The van der Waals surface area contributed by atoms with Gasteiger partial charge < -0.3 is 20.1 Å². The number of benzene rings is 2. The molecule has 0 bridgehead atoms. The smallest absolute Gasteiger partial charge is 0.418 e. The van der Waals surface area contributed by atoms with Crippen LogP contribution >= 0.6 is 11.8 Å². The number of allylic oxidation sites excluding steroid dienone is 1. The fraction of sp³-hybridized carbons (Fsp3) is 0.280. The van der Waals surface area contributed by atoms with E-state index in [1.807, 2.05) is 13.0 Å². The van der Waals surface area contributed by atoms with Crippen LogP contribution in [-0.2, 0) is 25.3 Å². The highest BCUT2D eigenvalue weighted by atomic mass is 32.2. The lowest BCUT2D eigenvalue weighted by molar-refractivity contribution is -0.150. The molecule has 1 aliphatic rings. The summed E-state index contributed by atoms with van der Waals surface area (Å²) in [6, 6.07) is 13.0. The Morgan fingerprint density at radius 3 is 2.43 bits per heavy atom. The quantitative estimate of drug-likeness (QED) is 0.386. The number of anilines is 1. The van der Waals surface area contributed by atoms with Gasteiger partial charge in [-0.05, 0) is 36.8 Å². The van der Waals surface area contributed by atoms with Gasteiger partial charge in [-0.3, -0.25) is 14.4 Å². The molecular formula is C25H22F3N3O5S. The minimum Gasteiger partial charge on any atom is -0.494 e. The number of hydrogen-bond donors (Lipinski definition) is 2. The fourth-order valence-electron chi connectivity index (χ4n) is 3.78. The molecule has 12 heteroatoms. The summed E-state index contributed by atoms with van der Waals surface area (Å²) in [4.78, 5) is 37.8. The molecule has 0 radical (unpaired) electrons. The van der Waals surface area contributed by atoms with E-state index in [2.05, 4.69) is 10.6 Å². The number of methoxy groups -OCH3 is 1. The van der Waals surface area contributed by atoms with E-state index in [4.69, 9.17) is 9.47 Å². The van der Waals surface area contributed by atoms with Gasteiger partial charge in [0, 0.05) is 5.92 Å². The first-order valence-electron chi connectivity index (χ1n) is 10.9. The van der Waals surface area contributed by atoms with Crippen molar-refractivity contribution >= 4 is 35.2 Å². The van der Waals surface area contributed by atoms with Crippen LogP contribution in [0.15, 0.2) is 59.1 Å². The summed E-state index contributed by atoms with van der Waals surface area (Å²) in [5.41, 5.74) is -0.951. The maximum Gasteiger partial charge on any atom is 0.418 e. The van der Waals surface area contributed by atoms with E-state index in [0.717, 1.165) is 31.0 Å². The zero-order valence-electron chi connectivity index (χ0n) is 19.7. The molecule has 37 heavy (non-hydrogen) atoms. The van der Waals surface area contributed by atoms with Crippen LogP contribution in [0.4, 0.5) is 18.9 Å². The van der Waals surface area contributed by atoms with E-state index in [1.165, 1.54) is 12.1 Å². The standard InChI is InChI=1S/C25H22F3N3O5S/c1-3-36-15-10-8-14(9-11-15)20-16(12-29)23(31-22(33)21(20)24(34)35-2)37-13-19(32)30-18-7-5-4-6-17(18)25(26,27)28/h4-11,20-21H,3,13H2,1-2H3,(H,30,32)(H,31,33)/t20-,21-/m1/s1.